The largest absolute Gasteiger partial charge is 0.493 e. The lowest BCUT2D eigenvalue weighted by molar-refractivity contribution is -0.170. The fourth-order valence-electron chi connectivity index (χ4n) is 2.98. The second kappa shape index (κ2) is 13.4. The van der Waals surface area contributed by atoms with Gasteiger partial charge in [-0.15, -0.1) is 0 Å². The van der Waals surface area contributed by atoms with Crippen LogP contribution in [0.15, 0.2) is 12.3 Å². The molecular weight excluding hydrogens is 492 g/mol. The van der Waals surface area contributed by atoms with Crippen LogP contribution in [-0.4, -0.2) is 67.1 Å². The molecule has 13 nitrogen and oxygen atoms in total. The molecule has 0 saturated carbocycles. The number of hydrogen-bond donors (Lipinski definition) is 1. The van der Waals surface area contributed by atoms with Gasteiger partial charge in [0.05, 0.1) is 25.4 Å². The standard InChI is InChI=1S/C24H32N2O11/c1-12(2)23(30)34-11-33-21-15(32-6)7-8-25-20(21)22(29)26-17-10-19(28)35-14(5)16(9-18(27)37-17)36-24(31)13(3)4/h7-8,12-14,16-17H,9-11H2,1-6H3,(H,26,29). The molecule has 1 fully saturated rings. The summed E-state index contributed by atoms with van der Waals surface area (Å²) in [6.07, 6.45) is -3.04. The van der Waals surface area contributed by atoms with Gasteiger partial charge in [-0.3, -0.25) is 24.0 Å². The molecule has 0 aliphatic carbocycles. The smallest absolute Gasteiger partial charge is 0.311 e. The maximum Gasteiger partial charge on any atom is 0.311 e. The van der Waals surface area contributed by atoms with E-state index in [0.29, 0.717) is 0 Å². The van der Waals surface area contributed by atoms with Crippen LogP contribution >= 0.6 is 0 Å². The minimum atomic E-state index is -1.42. The molecule has 2 rings (SSSR count). The van der Waals surface area contributed by atoms with Crippen LogP contribution in [0.4, 0.5) is 0 Å². The van der Waals surface area contributed by atoms with Gasteiger partial charge in [-0.05, 0) is 6.92 Å². The zero-order chi connectivity index (χ0) is 27.7. The predicted octanol–water partition coefficient (Wildman–Crippen LogP) is 1.52. The number of rotatable bonds is 9. The van der Waals surface area contributed by atoms with Gasteiger partial charge in [0.2, 0.25) is 6.79 Å². The zero-order valence-electron chi connectivity index (χ0n) is 21.6. The molecule has 3 atom stereocenters. The van der Waals surface area contributed by atoms with Crippen LogP contribution in [0.5, 0.6) is 11.5 Å². The summed E-state index contributed by atoms with van der Waals surface area (Å²) in [6, 6.07) is 1.42. The van der Waals surface area contributed by atoms with Gasteiger partial charge in [0.1, 0.15) is 18.6 Å². The number of cyclic esters (lactones) is 2. The maximum atomic E-state index is 13.0. The van der Waals surface area contributed by atoms with E-state index in [1.54, 1.807) is 27.7 Å². The molecule has 2 heterocycles. The number of aromatic nitrogens is 1. The van der Waals surface area contributed by atoms with Gasteiger partial charge in [-0.1, -0.05) is 27.7 Å². The van der Waals surface area contributed by atoms with E-state index in [1.165, 1.54) is 26.3 Å². The van der Waals surface area contributed by atoms with E-state index in [0.717, 1.165) is 0 Å². The first-order chi connectivity index (χ1) is 17.4. The Morgan fingerprint density at radius 3 is 2.32 bits per heavy atom. The van der Waals surface area contributed by atoms with Gasteiger partial charge in [-0.25, -0.2) is 4.98 Å². The quantitative estimate of drug-likeness (QED) is 0.282. The summed E-state index contributed by atoms with van der Waals surface area (Å²) in [4.78, 5) is 65.6. The van der Waals surface area contributed by atoms with Crippen molar-refractivity contribution in [1.82, 2.24) is 10.3 Å². The van der Waals surface area contributed by atoms with Crippen LogP contribution in [0, 0.1) is 11.8 Å². The molecule has 13 heteroatoms. The molecule has 1 saturated heterocycles. The number of methoxy groups -OCH3 is 1. The summed E-state index contributed by atoms with van der Waals surface area (Å²) < 4.78 is 31.5. The van der Waals surface area contributed by atoms with Crippen molar-refractivity contribution in [3.63, 3.8) is 0 Å². The third kappa shape index (κ3) is 8.62. The van der Waals surface area contributed by atoms with Crippen molar-refractivity contribution < 1.29 is 52.4 Å². The molecule has 1 aromatic rings. The first-order valence-corrected chi connectivity index (χ1v) is 11.7. The topological polar surface area (TPSA) is 166 Å². The summed E-state index contributed by atoms with van der Waals surface area (Å²) in [5.74, 6) is -4.45. The molecule has 0 spiro atoms. The Hall–Kier alpha value is -3.90. The lowest BCUT2D eigenvalue weighted by Gasteiger charge is -2.23. The van der Waals surface area contributed by atoms with E-state index in [1.807, 2.05) is 0 Å². The van der Waals surface area contributed by atoms with E-state index >= 15 is 0 Å². The number of nitrogens with one attached hydrogen (secondary N) is 1. The van der Waals surface area contributed by atoms with Crippen LogP contribution < -0.4 is 14.8 Å². The number of esters is 4. The highest BCUT2D eigenvalue weighted by atomic mass is 16.7. The third-order valence-corrected chi connectivity index (χ3v) is 5.04. The predicted molar refractivity (Wildman–Crippen MR) is 124 cm³/mol. The van der Waals surface area contributed by atoms with E-state index < -0.39 is 79.7 Å². The first-order valence-electron chi connectivity index (χ1n) is 11.7. The number of nitrogens with zero attached hydrogens (tertiary/aromatic N) is 1. The summed E-state index contributed by atoms with van der Waals surface area (Å²) in [5.41, 5.74) is -0.277. The molecule has 1 N–H and O–H groups in total. The number of carbonyl (C=O) groups excluding carboxylic acids is 5. The zero-order valence-corrected chi connectivity index (χ0v) is 21.6. The maximum absolute atomic E-state index is 13.0. The summed E-state index contributed by atoms with van der Waals surface area (Å²) in [6.45, 7) is 7.50. The second-order valence-electron chi connectivity index (χ2n) is 8.76. The number of pyridine rings is 1. The molecule has 0 aromatic carbocycles. The van der Waals surface area contributed by atoms with Crippen molar-refractivity contribution in [2.75, 3.05) is 13.9 Å². The molecular formula is C24H32N2O11. The van der Waals surface area contributed by atoms with Gasteiger partial charge in [0, 0.05) is 12.3 Å². The van der Waals surface area contributed by atoms with Crippen molar-refractivity contribution in [3.8, 4) is 11.5 Å². The highest BCUT2D eigenvalue weighted by Gasteiger charge is 2.34. The van der Waals surface area contributed by atoms with Crippen molar-refractivity contribution in [3.05, 3.63) is 18.0 Å². The van der Waals surface area contributed by atoms with Gasteiger partial charge in [0.15, 0.2) is 23.4 Å². The van der Waals surface area contributed by atoms with E-state index in [9.17, 15) is 24.0 Å². The van der Waals surface area contributed by atoms with Crippen LogP contribution in [-0.2, 0) is 38.1 Å². The number of amides is 1. The first kappa shape index (κ1) is 29.3. The number of ether oxygens (including phenoxy) is 6. The van der Waals surface area contributed by atoms with Gasteiger partial charge >= 0.3 is 23.9 Å². The molecule has 1 aliphatic heterocycles. The molecule has 37 heavy (non-hydrogen) atoms. The highest BCUT2D eigenvalue weighted by Crippen LogP contribution is 2.30. The Morgan fingerprint density at radius 1 is 1.05 bits per heavy atom. The monoisotopic (exact) mass is 524 g/mol. The van der Waals surface area contributed by atoms with Crippen molar-refractivity contribution >= 4 is 29.8 Å². The molecule has 1 amide bonds. The van der Waals surface area contributed by atoms with Crippen molar-refractivity contribution in [2.24, 2.45) is 11.8 Å². The third-order valence-electron chi connectivity index (χ3n) is 5.04. The average Bonchev–Trinajstić information content (AvgIpc) is 2.86. The summed E-state index contributed by atoms with van der Waals surface area (Å²) in [5, 5.41) is 2.39. The second-order valence-corrected chi connectivity index (χ2v) is 8.76. The van der Waals surface area contributed by atoms with E-state index in [-0.39, 0.29) is 17.2 Å². The molecule has 0 bridgehead atoms. The SMILES string of the molecule is COc1ccnc(C(=O)NC2CC(=O)OC(C)C(OC(=O)C(C)C)CC(=O)O2)c1OCOC(=O)C(C)C. The lowest BCUT2D eigenvalue weighted by atomic mass is 10.1. The Bertz CT molecular complexity index is 1010. The number of hydrogen-bond acceptors (Lipinski definition) is 12. The summed E-state index contributed by atoms with van der Waals surface area (Å²) in [7, 11) is 1.34. The Morgan fingerprint density at radius 2 is 1.70 bits per heavy atom. The molecule has 1 aliphatic rings. The van der Waals surface area contributed by atoms with Crippen LogP contribution in [0.1, 0.15) is 57.9 Å². The van der Waals surface area contributed by atoms with Crippen LogP contribution in [0.2, 0.25) is 0 Å². The molecule has 204 valence electrons. The molecule has 0 radical (unpaired) electrons. The van der Waals surface area contributed by atoms with Gasteiger partial charge in [-0.2, -0.15) is 0 Å². The van der Waals surface area contributed by atoms with Crippen molar-refractivity contribution in [2.45, 2.75) is 65.9 Å². The minimum absolute atomic E-state index is 0.121. The minimum Gasteiger partial charge on any atom is -0.493 e. The summed E-state index contributed by atoms with van der Waals surface area (Å²) >= 11 is 0. The Labute approximate surface area is 214 Å². The van der Waals surface area contributed by atoms with Gasteiger partial charge < -0.3 is 33.7 Å². The molecule has 3 unspecified atom stereocenters. The lowest BCUT2D eigenvalue weighted by Crippen LogP contribution is -2.40. The van der Waals surface area contributed by atoms with Crippen LogP contribution in [0.25, 0.3) is 0 Å². The average molecular weight is 525 g/mol. The van der Waals surface area contributed by atoms with Crippen LogP contribution in [0.3, 0.4) is 0 Å². The van der Waals surface area contributed by atoms with Crippen molar-refractivity contribution in [1.29, 1.82) is 0 Å². The molecule has 1 aromatic heterocycles. The van der Waals surface area contributed by atoms with E-state index in [4.69, 9.17) is 28.4 Å². The Balaban J connectivity index is 2.17. The fraction of sp³-hybridized carbons (Fsp3) is 0.583. The number of carbonyl (C=O) groups is 5. The highest BCUT2D eigenvalue weighted by molar-refractivity contribution is 5.96. The van der Waals surface area contributed by atoms with E-state index in [2.05, 4.69) is 10.3 Å². The van der Waals surface area contributed by atoms with Gasteiger partial charge in [0.25, 0.3) is 5.91 Å². The Kier molecular flexibility index (Phi) is 10.6. The fourth-order valence-corrected chi connectivity index (χ4v) is 2.98. The normalized spacial score (nSPS) is 20.1.